The lowest BCUT2D eigenvalue weighted by atomic mass is 9.89. The van der Waals surface area contributed by atoms with Crippen molar-refractivity contribution in [3.05, 3.63) is 52.8 Å². The second-order valence-electron chi connectivity index (χ2n) is 8.70. The molecule has 2 atom stereocenters. The number of hydrogen-bond acceptors (Lipinski definition) is 5. The average molecular weight is 465 g/mol. The van der Waals surface area contributed by atoms with Crippen molar-refractivity contribution in [2.24, 2.45) is 0 Å². The lowest BCUT2D eigenvalue weighted by Gasteiger charge is -2.28. The van der Waals surface area contributed by atoms with Crippen LogP contribution in [0.3, 0.4) is 0 Å². The van der Waals surface area contributed by atoms with Gasteiger partial charge in [-0.15, -0.1) is 0 Å². The van der Waals surface area contributed by atoms with Gasteiger partial charge in [0.15, 0.2) is 9.84 Å². The molecule has 1 saturated carbocycles. The molecule has 1 aliphatic heterocycles. The quantitative estimate of drug-likeness (QED) is 0.739. The van der Waals surface area contributed by atoms with Crippen LogP contribution in [-0.2, 0) is 16.0 Å². The SMILES string of the molecule is O=C(c1ncc(Nc2cccc(C(F)(F)F)c2)c2c1C1CCC2C1)N1CCS(=O)(=O)CC1. The molecule has 0 radical (unpaired) electrons. The van der Waals surface area contributed by atoms with E-state index >= 15 is 0 Å². The maximum Gasteiger partial charge on any atom is 0.416 e. The Morgan fingerprint density at radius 2 is 1.78 bits per heavy atom. The fourth-order valence-corrected chi connectivity index (χ4v) is 6.37. The normalized spacial score (nSPS) is 23.8. The molecule has 2 aliphatic carbocycles. The number of carbonyl (C=O) groups excluding carboxylic acids is 1. The molecule has 170 valence electrons. The number of hydrogen-bond donors (Lipinski definition) is 1. The van der Waals surface area contributed by atoms with E-state index in [0.29, 0.717) is 17.1 Å². The highest BCUT2D eigenvalue weighted by atomic mass is 32.2. The van der Waals surface area contributed by atoms with Gasteiger partial charge in [-0.2, -0.15) is 13.2 Å². The first-order chi connectivity index (χ1) is 15.1. The number of pyridine rings is 1. The number of fused-ring (bicyclic) bond motifs is 5. The highest BCUT2D eigenvalue weighted by Crippen LogP contribution is 2.56. The number of nitrogens with one attached hydrogen (secondary N) is 1. The van der Waals surface area contributed by atoms with Crippen LogP contribution in [0.4, 0.5) is 24.5 Å². The van der Waals surface area contributed by atoms with Gasteiger partial charge in [0.2, 0.25) is 0 Å². The number of halogens is 3. The van der Waals surface area contributed by atoms with Gasteiger partial charge < -0.3 is 10.2 Å². The molecule has 0 spiro atoms. The molecular formula is C22H22F3N3O3S. The first-order valence-corrected chi connectivity index (χ1v) is 12.4. The van der Waals surface area contributed by atoms with Crippen LogP contribution in [0.5, 0.6) is 0 Å². The van der Waals surface area contributed by atoms with Gasteiger partial charge in [-0.3, -0.25) is 4.79 Å². The molecule has 1 amide bonds. The van der Waals surface area contributed by atoms with Crippen molar-refractivity contribution in [3.63, 3.8) is 0 Å². The second kappa shape index (κ2) is 7.47. The molecule has 2 fully saturated rings. The first kappa shape index (κ1) is 21.2. The van der Waals surface area contributed by atoms with E-state index < -0.39 is 21.6 Å². The number of anilines is 2. The Bertz CT molecular complexity index is 1180. The van der Waals surface area contributed by atoms with Gasteiger partial charge in [0.05, 0.1) is 29.0 Å². The molecule has 1 aromatic heterocycles. The third-order valence-corrected chi connectivity index (χ3v) is 8.32. The summed E-state index contributed by atoms with van der Waals surface area (Å²) in [5.74, 6) is 0.0526. The van der Waals surface area contributed by atoms with Crippen molar-refractivity contribution in [1.82, 2.24) is 9.88 Å². The van der Waals surface area contributed by atoms with E-state index in [9.17, 15) is 26.4 Å². The molecule has 2 aromatic rings. The minimum atomic E-state index is -4.44. The number of amides is 1. The summed E-state index contributed by atoms with van der Waals surface area (Å²) >= 11 is 0. The molecule has 2 unspecified atom stereocenters. The second-order valence-corrected chi connectivity index (χ2v) is 11.0. The Balaban J connectivity index is 1.48. The monoisotopic (exact) mass is 465 g/mol. The summed E-state index contributed by atoms with van der Waals surface area (Å²) in [5, 5.41) is 3.09. The highest BCUT2D eigenvalue weighted by Gasteiger charge is 2.43. The van der Waals surface area contributed by atoms with Crippen LogP contribution in [0.2, 0.25) is 0 Å². The molecule has 6 nitrogen and oxygen atoms in total. The summed E-state index contributed by atoms with van der Waals surface area (Å²) in [6.45, 7) is 0.298. The Labute approximate surface area is 183 Å². The number of sulfone groups is 1. The van der Waals surface area contributed by atoms with Gasteiger partial charge in [-0.25, -0.2) is 13.4 Å². The first-order valence-electron chi connectivity index (χ1n) is 10.6. The van der Waals surface area contributed by atoms with Gasteiger partial charge in [0.1, 0.15) is 5.69 Å². The zero-order valence-corrected chi connectivity index (χ0v) is 18.0. The lowest BCUT2D eigenvalue weighted by molar-refractivity contribution is -0.137. The Morgan fingerprint density at radius 3 is 2.47 bits per heavy atom. The van der Waals surface area contributed by atoms with Crippen molar-refractivity contribution in [3.8, 4) is 0 Å². The number of alkyl halides is 3. The summed E-state index contributed by atoms with van der Waals surface area (Å²) in [5.41, 5.74) is 2.39. The highest BCUT2D eigenvalue weighted by molar-refractivity contribution is 7.91. The lowest BCUT2D eigenvalue weighted by Crippen LogP contribution is -2.44. The topological polar surface area (TPSA) is 79.4 Å². The average Bonchev–Trinajstić information content (AvgIpc) is 3.36. The predicted molar refractivity (Wildman–Crippen MR) is 113 cm³/mol. The molecule has 2 heterocycles. The van der Waals surface area contributed by atoms with Crippen molar-refractivity contribution in [1.29, 1.82) is 0 Å². The van der Waals surface area contributed by atoms with E-state index in [0.717, 1.165) is 42.5 Å². The molecule has 2 bridgehead atoms. The zero-order chi connectivity index (χ0) is 22.7. The van der Waals surface area contributed by atoms with E-state index in [1.54, 1.807) is 6.07 Å². The Kier molecular flexibility index (Phi) is 4.96. The van der Waals surface area contributed by atoms with Crippen LogP contribution >= 0.6 is 0 Å². The van der Waals surface area contributed by atoms with Crippen LogP contribution in [0.1, 0.15) is 58.3 Å². The summed E-state index contributed by atoms with van der Waals surface area (Å²) in [6.07, 6.45) is -0.106. The molecule has 1 N–H and O–H groups in total. The Morgan fingerprint density at radius 1 is 1.09 bits per heavy atom. The fourth-order valence-electron chi connectivity index (χ4n) is 5.16. The van der Waals surface area contributed by atoms with E-state index in [1.165, 1.54) is 17.2 Å². The van der Waals surface area contributed by atoms with Crippen LogP contribution in [0.15, 0.2) is 30.5 Å². The van der Waals surface area contributed by atoms with Gasteiger partial charge in [0.25, 0.3) is 5.91 Å². The number of rotatable bonds is 3. The maximum absolute atomic E-state index is 13.2. The van der Waals surface area contributed by atoms with Crippen molar-refractivity contribution in [2.75, 3.05) is 29.9 Å². The largest absolute Gasteiger partial charge is 0.416 e. The van der Waals surface area contributed by atoms with Crippen molar-refractivity contribution < 1.29 is 26.4 Å². The third kappa shape index (κ3) is 3.74. The molecule has 3 aliphatic rings. The minimum Gasteiger partial charge on any atom is -0.354 e. The molecule has 1 saturated heterocycles. The summed E-state index contributed by atoms with van der Waals surface area (Å²) in [7, 11) is -3.11. The van der Waals surface area contributed by atoms with Crippen LogP contribution in [0.25, 0.3) is 0 Å². The molecular weight excluding hydrogens is 443 g/mol. The molecule has 1 aromatic carbocycles. The molecule has 10 heteroatoms. The van der Waals surface area contributed by atoms with E-state index in [2.05, 4.69) is 10.3 Å². The van der Waals surface area contributed by atoms with Crippen LogP contribution in [0, 0.1) is 0 Å². The van der Waals surface area contributed by atoms with Crippen molar-refractivity contribution in [2.45, 2.75) is 37.3 Å². The van der Waals surface area contributed by atoms with Gasteiger partial charge in [-0.05, 0) is 60.4 Å². The maximum atomic E-state index is 13.2. The molecule has 5 rings (SSSR count). The number of carbonyl (C=O) groups is 1. The Hall–Kier alpha value is -2.62. The fraction of sp³-hybridized carbons (Fsp3) is 0.455. The summed E-state index contributed by atoms with van der Waals surface area (Å²) < 4.78 is 62.7. The molecule has 32 heavy (non-hydrogen) atoms. The van der Waals surface area contributed by atoms with Crippen molar-refractivity contribution >= 4 is 27.1 Å². The van der Waals surface area contributed by atoms with Crippen LogP contribution < -0.4 is 5.32 Å². The van der Waals surface area contributed by atoms with Crippen LogP contribution in [-0.4, -0.2) is 48.8 Å². The minimum absolute atomic E-state index is 0.0534. The smallest absolute Gasteiger partial charge is 0.354 e. The third-order valence-electron chi connectivity index (χ3n) is 6.71. The van der Waals surface area contributed by atoms with E-state index in [1.807, 2.05) is 0 Å². The number of nitrogens with zero attached hydrogens (tertiary/aromatic N) is 2. The van der Waals surface area contributed by atoms with Gasteiger partial charge in [0, 0.05) is 18.8 Å². The standard InChI is InChI=1S/C22H22F3N3O3S/c23-22(24,25)15-2-1-3-16(11-15)27-17-12-26-20(19-14-5-4-13(10-14)18(17)19)21(29)28-6-8-32(30,31)9-7-28/h1-3,11-14,27H,4-10H2. The van der Waals surface area contributed by atoms with Gasteiger partial charge >= 0.3 is 6.18 Å². The predicted octanol–water partition coefficient (Wildman–Crippen LogP) is 4.08. The number of benzene rings is 1. The zero-order valence-electron chi connectivity index (χ0n) is 17.2. The summed E-state index contributed by atoms with van der Waals surface area (Å²) in [4.78, 5) is 19.2. The van der Waals surface area contributed by atoms with Gasteiger partial charge in [-0.1, -0.05) is 6.07 Å². The van der Waals surface area contributed by atoms with E-state index in [4.69, 9.17) is 0 Å². The van der Waals surface area contributed by atoms with E-state index in [-0.39, 0.29) is 42.3 Å². The summed E-state index contributed by atoms with van der Waals surface area (Å²) in [6, 6.07) is 5.01. The number of aromatic nitrogens is 1.